The van der Waals surface area contributed by atoms with E-state index in [2.05, 4.69) is 5.32 Å². The zero-order chi connectivity index (χ0) is 23.6. The Kier molecular flexibility index (Phi) is 8.89. The van der Waals surface area contributed by atoms with E-state index in [0.717, 1.165) is 12.8 Å². The Hall–Kier alpha value is -0.440. The van der Waals surface area contributed by atoms with Crippen LogP contribution in [0.4, 0.5) is 0 Å². The molecule has 0 aromatic rings. The fourth-order valence-corrected chi connectivity index (χ4v) is 5.15. The summed E-state index contributed by atoms with van der Waals surface area (Å²) in [5.74, 6) is -0.440. The summed E-state index contributed by atoms with van der Waals surface area (Å²) in [7, 11) is 1.85. The maximum atomic E-state index is 11.1. The SMILES string of the molecule is CC[C@@H]1[C@@H](O)[C@@H](O[C@@H]2[C@@H](O)[C@@H](O[C@@H]3O[C@H](CNC)CC[C@H]3N)[C@@H](N)C[C@H]2N)OC[C@]1(C)O. The van der Waals surface area contributed by atoms with Crippen LogP contribution < -0.4 is 22.5 Å². The molecule has 0 unspecified atom stereocenters. The molecular formula is C21H42N4O7. The number of ether oxygens (including phenoxy) is 4. The Morgan fingerprint density at radius 1 is 1.00 bits per heavy atom. The highest BCUT2D eigenvalue weighted by Crippen LogP contribution is 2.35. The summed E-state index contributed by atoms with van der Waals surface area (Å²) in [6.07, 6.45) is -3.30. The summed E-state index contributed by atoms with van der Waals surface area (Å²) >= 11 is 0. The van der Waals surface area contributed by atoms with Crippen molar-refractivity contribution in [2.24, 2.45) is 23.1 Å². The Labute approximate surface area is 189 Å². The molecule has 12 atom stereocenters. The van der Waals surface area contributed by atoms with Crippen LogP contribution in [0, 0.1) is 5.92 Å². The lowest BCUT2D eigenvalue weighted by Gasteiger charge is -2.48. The van der Waals surface area contributed by atoms with Crippen molar-refractivity contribution in [1.29, 1.82) is 0 Å². The molecule has 3 rings (SSSR count). The monoisotopic (exact) mass is 462 g/mol. The second-order valence-electron chi connectivity index (χ2n) is 9.72. The Morgan fingerprint density at radius 2 is 1.62 bits per heavy atom. The fraction of sp³-hybridized carbons (Fsp3) is 1.00. The van der Waals surface area contributed by atoms with Crippen molar-refractivity contribution in [3.8, 4) is 0 Å². The first-order valence-corrected chi connectivity index (χ1v) is 11.7. The van der Waals surface area contributed by atoms with E-state index in [0.29, 0.717) is 19.4 Å². The Balaban J connectivity index is 1.67. The van der Waals surface area contributed by atoms with E-state index in [1.807, 2.05) is 14.0 Å². The number of nitrogens with one attached hydrogen (secondary N) is 1. The molecule has 1 aliphatic carbocycles. The van der Waals surface area contributed by atoms with Crippen LogP contribution in [-0.4, -0.2) is 102 Å². The summed E-state index contributed by atoms with van der Waals surface area (Å²) < 4.78 is 23.6. The lowest BCUT2D eigenvalue weighted by Crippen LogP contribution is -2.66. The van der Waals surface area contributed by atoms with Crippen molar-refractivity contribution in [2.75, 3.05) is 20.2 Å². The standard InChI is InChI=1S/C21H42N4O7/c1-4-11-15(26)20(29-9-21(11,2)28)32-18-14(24)7-13(23)17(16(18)27)31-19-12(22)6-5-10(30-19)8-25-3/h10-20,25-28H,4-9,22-24H2,1-3H3/t10-,11+,12+,13-,14+,15+,16-,17-,18-,19-,20+,21-/m0/s1. The topological polar surface area (TPSA) is 188 Å². The van der Waals surface area contributed by atoms with E-state index < -0.39 is 60.6 Å². The molecule has 32 heavy (non-hydrogen) atoms. The van der Waals surface area contributed by atoms with Gasteiger partial charge in [-0.25, -0.2) is 0 Å². The first-order valence-electron chi connectivity index (χ1n) is 11.7. The molecule has 10 N–H and O–H groups in total. The van der Waals surface area contributed by atoms with Crippen LogP contribution in [0.3, 0.4) is 0 Å². The molecule has 188 valence electrons. The quantitative estimate of drug-likeness (QED) is 0.216. The van der Waals surface area contributed by atoms with Crippen LogP contribution in [0.25, 0.3) is 0 Å². The zero-order valence-corrected chi connectivity index (χ0v) is 19.3. The van der Waals surface area contributed by atoms with E-state index in [1.165, 1.54) is 0 Å². The van der Waals surface area contributed by atoms with Gasteiger partial charge in [-0.1, -0.05) is 6.92 Å². The summed E-state index contributed by atoms with van der Waals surface area (Å²) in [6.45, 7) is 4.17. The highest BCUT2D eigenvalue weighted by Gasteiger charge is 2.50. The number of hydrogen-bond donors (Lipinski definition) is 7. The van der Waals surface area contributed by atoms with Gasteiger partial charge in [-0.2, -0.15) is 0 Å². The van der Waals surface area contributed by atoms with Gasteiger partial charge in [0.15, 0.2) is 12.6 Å². The maximum absolute atomic E-state index is 11.1. The third kappa shape index (κ3) is 5.61. The predicted octanol–water partition coefficient (Wildman–Crippen LogP) is -2.28. The molecule has 2 heterocycles. The third-order valence-electron chi connectivity index (χ3n) is 7.04. The predicted molar refractivity (Wildman–Crippen MR) is 116 cm³/mol. The number of nitrogens with two attached hydrogens (primary N) is 3. The normalized spacial score (nSPS) is 50.3. The largest absolute Gasteiger partial charge is 0.388 e. The minimum atomic E-state index is -1.17. The molecule has 11 heteroatoms. The van der Waals surface area contributed by atoms with Gasteiger partial charge in [-0.15, -0.1) is 0 Å². The summed E-state index contributed by atoms with van der Waals surface area (Å²) in [6, 6.07) is -1.47. The van der Waals surface area contributed by atoms with E-state index in [4.69, 9.17) is 36.1 Å². The van der Waals surface area contributed by atoms with E-state index in [-0.39, 0.29) is 18.8 Å². The van der Waals surface area contributed by atoms with E-state index >= 15 is 0 Å². The smallest absolute Gasteiger partial charge is 0.184 e. The van der Waals surface area contributed by atoms with Crippen molar-refractivity contribution < 1.29 is 34.3 Å². The molecule has 1 saturated carbocycles. The molecule has 0 bridgehead atoms. The summed E-state index contributed by atoms with van der Waals surface area (Å²) in [4.78, 5) is 0. The highest BCUT2D eigenvalue weighted by atomic mass is 16.7. The van der Waals surface area contributed by atoms with Crippen molar-refractivity contribution in [3.63, 3.8) is 0 Å². The highest BCUT2D eigenvalue weighted by molar-refractivity contribution is 5.00. The van der Waals surface area contributed by atoms with Gasteiger partial charge >= 0.3 is 0 Å². The lowest BCUT2D eigenvalue weighted by atomic mass is 9.80. The number of hydrogen-bond acceptors (Lipinski definition) is 11. The van der Waals surface area contributed by atoms with Crippen molar-refractivity contribution in [3.05, 3.63) is 0 Å². The van der Waals surface area contributed by atoms with Crippen LogP contribution in [0.15, 0.2) is 0 Å². The van der Waals surface area contributed by atoms with E-state index in [1.54, 1.807) is 6.92 Å². The molecule has 2 aliphatic heterocycles. The van der Waals surface area contributed by atoms with Gasteiger partial charge < -0.3 is 56.8 Å². The average Bonchev–Trinajstić information content (AvgIpc) is 2.72. The first kappa shape index (κ1) is 26.2. The number of aliphatic hydroxyl groups is 3. The molecule has 0 spiro atoms. The van der Waals surface area contributed by atoms with Crippen molar-refractivity contribution >= 4 is 0 Å². The minimum absolute atomic E-state index is 0.00233. The summed E-state index contributed by atoms with van der Waals surface area (Å²) in [5.41, 5.74) is 17.6. The van der Waals surface area contributed by atoms with Gasteiger partial charge in [0, 0.05) is 24.5 Å². The zero-order valence-electron chi connectivity index (χ0n) is 19.3. The van der Waals surface area contributed by atoms with Crippen molar-refractivity contribution in [1.82, 2.24) is 5.32 Å². The second kappa shape index (κ2) is 10.9. The minimum Gasteiger partial charge on any atom is -0.388 e. The lowest BCUT2D eigenvalue weighted by molar-refractivity contribution is -0.315. The van der Waals surface area contributed by atoms with Crippen LogP contribution in [-0.2, 0) is 18.9 Å². The molecule has 0 aromatic carbocycles. The number of likely N-dealkylation sites (N-methyl/N-ethyl adjacent to an activating group) is 1. The number of rotatable bonds is 7. The van der Waals surface area contributed by atoms with Crippen LogP contribution >= 0.6 is 0 Å². The van der Waals surface area contributed by atoms with Crippen LogP contribution in [0.2, 0.25) is 0 Å². The number of aliphatic hydroxyl groups excluding tert-OH is 2. The summed E-state index contributed by atoms with van der Waals surface area (Å²) in [5, 5.41) is 35.4. The van der Waals surface area contributed by atoms with E-state index in [9.17, 15) is 15.3 Å². The molecule has 0 amide bonds. The average molecular weight is 463 g/mol. The second-order valence-corrected chi connectivity index (χ2v) is 9.72. The van der Waals surface area contributed by atoms with Gasteiger partial charge in [0.25, 0.3) is 0 Å². The first-order chi connectivity index (χ1) is 15.1. The fourth-order valence-electron chi connectivity index (χ4n) is 5.15. The van der Waals surface area contributed by atoms with Gasteiger partial charge in [0.05, 0.1) is 24.4 Å². The molecule has 3 fully saturated rings. The molecular weight excluding hydrogens is 420 g/mol. The molecule has 0 aromatic heterocycles. The maximum Gasteiger partial charge on any atom is 0.184 e. The Bertz CT molecular complexity index is 600. The molecule has 0 radical (unpaired) electrons. The van der Waals surface area contributed by atoms with Gasteiger partial charge in [-0.05, 0) is 39.7 Å². The van der Waals surface area contributed by atoms with Gasteiger partial charge in [0.2, 0.25) is 0 Å². The molecule has 3 aliphatic rings. The van der Waals surface area contributed by atoms with Crippen LogP contribution in [0.1, 0.15) is 39.5 Å². The van der Waals surface area contributed by atoms with Crippen LogP contribution in [0.5, 0.6) is 0 Å². The Morgan fingerprint density at radius 3 is 2.22 bits per heavy atom. The molecule has 2 saturated heterocycles. The van der Waals surface area contributed by atoms with Gasteiger partial charge in [0.1, 0.15) is 24.4 Å². The van der Waals surface area contributed by atoms with Crippen molar-refractivity contribution in [2.45, 2.75) is 106 Å². The third-order valence-corrected chi connectivity index (χ3v) is 7.04. The molecule has 11 nitrogen and oxygen atoms in total. The van der Waals surface area contributed by atoms with Gasteiger partial charge in [-0.3, -0.25) is 0 Å².